The zero-order valence-electron chi connectivity index (χ0n) is 8.42. The molecule has 0 aromatic heterocycles. The van der Waals surface area contributed by atoms with E-state index < -0.39 is 0 Å². The summed E-state index contributed by atoms with van der Waals surface area (Å²) >= 11 is 1.89. The van der Waals surface area contributed by atoms with Crippen LogP contribution in [0.1, 0.15) is 13.3 Å². The Morgan fingerprint density at radius 2 is 2.07 bits per heavy atom. The van der Waals surface area contributed by atoms with E-state index in [1.54, 1.807) is 12.1 Å². The monoisotopic (exact) mass is 213 g/mol. The third-order valence-electron chi connectivity index (χ3n) is 1.78. The molecule has 0 bridgehead atoms. The van der Waals surface area contributed by atoms with Crippen molar-refractivity contribution in [2.75, 3.05) is 23.4 Å². The van der Waals surface area contributed by atoms with Crippen LogP contribution in [0.25, 0.3) is 0 Å². The van der Waals surface area contributed by atoms with Gasteiger partial charge in [0.25, 0.3) is 0 Å². The fraction of sp³-hybridized carbons (Fsp3) is 0.455. The van der Waals surface area contributed by atoms with E-state index in [4.69, 9.17) is 0 Å². The summed E-state index contributed by atoms with van der Waals surface area (Å²) < 4.78 is 13.1. The third kappa shape index (κ3) is 4.01. The first-order valence-corrected chi connectivity index (χ1v) is 6.06. The predicted octanol–water partition coefficient (Wildman–Crippen LogP) is 3.38. The van der Waals surface area contributed by atoms with Crippen LogP contribution in [0.5, 0.6) is 0 Å². The minimum absolute atomic E-state index is 0.173. The molecule has 0 aliphatic heterocycles. The number of hydrogen-bond acceptors (Lipinski definition) is 2. The molecule has 0 fully saturated rings. The fourth-order valence-electron chi connectivity index (χ4n) is 1.11. The highest BCUT2D eigenvalue weighted by Gasteiger charge is 1.97. The Morgan fingerprint density at radius 1 is 1.29 bits per heavy atom. The molecule has 0 unspecified atom stereocenters. The van der Waals surface area contributed by atoms with Gasteiger partial charge in [0.2, 0.25) is 0 Å². The number of rotatable bonds is 6. The van der Waals surface area contributed by atoms with Gasteiger partial charge in [-0.1, -0.05) is 19.1 Å². The van der Waals surface area contributed by atoms with Crippen molar-refractivity contribution >= 4 is 17.4 Å². The van der Waals surface area contributed by atoms with Gasteiger partial charge in [-0.25, -0.2) is 4.39 Å². The summed E-state index contributed by atoms with van der Waals surface area (Å²) in [4.78, 5) is 0. The second kappa shape index (κ2) is 6.71. The molecular formula is C11H16FNS. The minimum atomic E-state index is -0.173. The van der Waals surface area contributed by atoms with E-state index in [9.17, 15) is 4.39 Å². The summed E-state index contributed by atoms with van der Waals surface area (Å²) in [5.41, 5.74) is 0.601. The molecule has 0 spiro atoms. The molecule has 0 heterocycles. The molecule has 0 radical (unpaired) electrons. The number of anilines is 1. The molecule has 3 heteroatoms. The van der Waals surface area contributed by atoms with E-state index in [-0.39, 0.29) is 5.82 Å². The normalized spacial score (nSPS) is 10.1. The van der Waals surface area contributed by atoms with Gasteiger partial charge in [-0.05, 0) is 24.3 Å². The van der Waals surface area contributed by atoms with Crippen LogP contribution in [0.15, 0.2) is 24.3 Å². The molecule has 0 saturated heterocycles. The Balaban J connectivity index is 2.21. The number of hydrogen-bond donors (Lipinski definition) is 1. The van der Waals surface area contributed by atoms with Crippen molar-refractivity contribution in [3.63, 3.8) is 0 Å². The molecule has 0 amide bonds. The molecule has 0 atom stereocenters. The first-order valence-electron chi connectivity index (χ1n) is 4.90. The van der Waals surface area contributed by atoms with Gasteiger partial charge in [0, 0.05) is 12.3 Å². The average molecular weight is 213 g/mol. The summed E-state index contributed by atoms with van der Waals surface area (Å²) in [6.45, 7) is 2.99. The lowest BCUT2D eigenvalue weighted by molar-refractivity contribution is 0.630. The SMILES string of the molecule is CCCSCCNc1ccccc1F. The van der Waals surface area contributed by atoms with Gasteiger partial charge >= 0.3 is 0 Å². The van der Waals surface area contributed by atoms with Gasteiger partial charge in [0.1, 0.15) is 5.82 Å². The lowest BCUT2D eigenvalue weighted by atomic mass is 10.3. The van der Waals surface area contributed by atoms with E-state index in [2.05, 4.69) is 12.2 Å². The van der Waals surface area contributed by atoms with Gasteiger partial charge in [-0.15, -0.1) is 0 Å². The smallest absolute Gasteiger partial charge is 0.146 e. The molecule has 78 valence electrons. The first-order chi connectivity index (χ1) is 6.84. The minimum Gasteiger partial charge on any atom is -0.382 e. The zero-order valence-corrected chi connectivity index (χ0v) is 9.24. The molecular weight excluding hydrogens is 197 g/mol. The van der Waals surface area contributed by atoms with Crippen molar-refractivity contribution in [3.8, 4) is 0 Å². The van der Waals surface area contributed by atoms with Crippen molar-refractivity contribution in [1.29, 1.82) is 0 Å². The molecule has 0 aliphatic carbocycles. The maximum Gasteiger partial charge on any atom is 0.146 e. The van der Waals surface area contributed by atoms with Gasteiger partial charge in [-0.2, -0.15) is 11.8 Å². The van der Waals surface area contributed by atoms with Crippen molar-refractivity contribution in [1.82, 2.24) is 0 Å². The van der Waals surface area contributed by atoms with Crippen molar-refractivity contribution in [3.05, 3.63) is 30.1 Å². The largest absolute Gasteiger partial charge is 0.382 e. The zero-order chi connectivity index (χ0) is 10.2. The molecule has 1 rings (SSSR count). The highest BCUT2D eigenvalue weighted by molar-refractivity contribution is 7.99. The topological polar surface area (TPSA) is 12.0 Å². The van der Waals surface area contributed by atoms with E-state index in [1.807, 2.05) is 17.8 Å². The maximum absolute atomic E-state index is 13.1. The second-order valence-corrected chi connectivity index (χ2v) is 4.24. The Morgan fingerprint density at radius 3 is 2.79 bits per heavy atom. The van der Waals surface area contributed by atoms with E-state index in [0.717, 1.165) is 12.3 Å². The molecule has 0 saturated carbocycles. The Bertz CT molecular complexity index is 265. The van der Waals surface area contributed by atoms with Crippen LogP contribution >= 0.6 is 11.8 Å². The molecule has 0 aliphatic rings. The Labute approximate surface area is 89.1 Å². The maximum atomic E-state index is 13.1. The van der Waals surface area contributed by atoms with Crippen molar-refractivity contribution in [2.45, 2.75) is 13.3 Å². The lowest BCUT2D eigenvalue weighted by Gasteiger charge is -2.06. The Hall–Kier alpha value is -0.700. The van der Waals surface area contributed by atoms with E-state index in [1.165, 1.54) is 18.2 Å². The number of nitrogens with one attached hydrogen (secondary N) is 1. The van der Waals surface area contributed by atoms with Crippen LogP contribution in [0.4, 0.5) is 10.1 Å². The molecule has 1 aromatic carbocycles. The van der Waals surface area contributed by atoms with Crippen molar-refractivity contribution < 1.29 is 4.39 Å². The summed E-state index contributed by atoms with van der Waals surface area (Å²) in [5, 5.41) is 3.08. The van der Waals surface area contributed by atoms with Crippen LogP contribution in [0, 0.1) is 5.82 Å². The molecule has 1 aromatic rings. The van der Waals surface area contributed by atoms with Gasteiger partial charge in [0.05, 0.1) is 5.69 Å². The molecule has 1 N–H and O–H groups in total. The van der Waals surface area contributed by atoms with Gasteiger partial charge in [0.15, 0.2) is 0 Å². The second-order valence-electron chi connectivity index (χ2n) is 3.02. The van der Waals surface area contributed by atoms with Crippen LogP contribution in [0.3, 0.4) is 0 Å². The molecule has 14 heavy (non-hydrogen) atoms. The fourth-order valence-corrected chi connectivity index (χ4v) is 1.85. The van der Waals surface area contributed by atoms with Crippen LogP contribution in [-0.4, -0.2) is 18.1 Å². The standard InChI is InChI=1S/C11H16FNS/c1-2-8-14-9-7-13-11-6-4-3-5-10(11)12/h3-6,13H,2,7-9H2,1H3. The number of thioether (sulfide) groups is 1. The summed E-state index contributed by atoms with van der Waals surface area (Å²) in [6, 6.07) is 6.78. The van der Waals surface area contributed by atoms with Crippen LogP contribution in [0.2, 0.25) is 0 Å². The van der Waals surface area contributed by atoms with Gasteiger partial charge in [-0.3, -0.25) is 0 Å². The van der Waals surface area contributed by atoms with Gasteiger partial charge < -0.3 is 5.32 Å². The van der Waals surface area contributed by atoms with Crippen LogP contribution < -0.4 is 5.32 Å². The van der Waals surface area contributed by atoms with Crippen LogP contribution in [-0.2, 0) is 0 Å². The number of halogens is 1. The Kier molecular flexibility index (Phi) is 5.45. The predicted molar refractivity (Wildman–Crippen MR) is 62.5 cm³/mol. The third-order valence-corrected chi connectivity index (χ3v) is 2.97. The van der Waals surface area contributed by atoms with E-state index >= 15 is 0 Å². The lowest BCUT2D eigenvalue weighted by Crippen LogP contribution is -2.05. The van der Waals surface area contributed by atoms with Crippen molar-refractivity contribution in [2.24, 2.45) is 0 Å². The quantitative estimate of drug-likeness (QED) is 0.727. The highest BCUT2D eigenvalue weighted by atomic mass is 32.2. The average Bonchev–Trinajstić information content (AvgIpc) is 2.20. The summed E-state index contributed by atoms with van der Waals surface area (Å²) in [5.74, 6) is 2.04. The number of para-hydroxylation sites is 1. The molecule has 1 nitrogen and oxygen atoms in total. The van der Waals surface area contributed by atoms with E-state index in [0.29, 0.717) is 5.69 Å². The number of benzene rings is 1. The summed E-state index contributed by atoms with van der Waals surface area (Å²) in [6.07, 6.45) is 1.20. The first kappa shape index (κ1) is 11.4. The highest BCUT2D eigenvalue weighted by Crippen LogP contribution is 2.12. The summed E-state index contributed by atoms with van der Waals surface area (Å²) in [7, 11) is 0.